The molecule has 2 rings (SSSR count). The molecule has 0 unspecified atom stereocenters. The lowest BCUT2D eigenvalue weighted by Crippen LogP contribution is -2.18. The molecule has 112 valence electrons. The molecular formula is C14H14F2N2O2S. The van der Waals surface area contributed by atoms with Crippen molar-refractivity contribution in [3.63, 3.8) is 0 Å². The highest BCUT2D eigenvalue weighted by molar-refractivity contribution is 7.89. The average molecular weight is 312 g/mol. The highest BCUT2D eigenvalue weighted by Crippen LogP contribution is 2.15. The Kier molecular flexibility index (Phi) is 4.54. The van der Waals surface area contributed by atoms with Gasteiger partial charge in [-0.1, -0.05) is 6.07 Å². The largest absolute Gasteiger partial charge is 0.381 e. The number of anilines is 1. The molecule has 0 aliphatic heterocycles. The van der Waals surface area contributed by atoms with Crippen molar-refractivity contribution in [2.75, 3.05) is 12.4 Å². The van der Waals surface area contributed by atoms with Crippen LogP contribution in [0.25, 0.3) is 0 Å². The second-order valence-corrected chi connectivity index (χ2v) is 6.22. The zero-order valence-electron chi connectivity index (χ0n) is 11.2. The van der Waals surface area contributed by atoms with Crippen LogP contribution in [-0.2, 0) is 16.6 Å². The van der Waals surface area contributed by atoms with E-state index in [1.54, 1.807) is 12.1 Å². The van der Waals surface area contributed by atoms with E-state index in [2.05, 4.69) is 10.0 Å². The predicted octanol–water partition coefficient (Wildman–Crippen LogP) is 2.49. The minimum absolute atomic E-state index is 0.156. The van der Waals surface area contributed by atoms with Crippen LogP contribution in [0.3, 0.4) is 0 Å². The van der Waals surface area contributed by atoms with Gasteiger partial charge in [-0.15, -0.1) is 0 Å². The van der Waals surface area contributed by atoms with Crippen molar-refractivity contribution in [3.05, 3.63) is 59.7 Å². The van der Waals surface area contributed by atoms with Gasteiger partial charge in [0, 0.05) is 12.2 Å². The molecular weight excluding hydrogens is 298 g/mol. The molecule has 0 saturated heterocycles. The van der Waals surface area contributed by atoms with Crippen LogP contribution in [-0.4, -0.2) is 15.5 Å². The molecule has 0 aliphatic carbocycles. The Bertz CT molecular complexity index is 731. The zero-order chi connectivity index (χ0) is 15.5. The lowest BCUT2D eigenvalue weighted by molar-refractivity contribution is 0.507. The summed E-state index contributed by atoms with van der Waals surface area (Å²) in [7, 11) is -2.12. The van der Waals surface area contributed by atoms with Crippen molar-refractivity contribution in [2.24, 2.45) is 0 Å². The molecule has 0 amide bonds. The number of sulfonamides is 1. The average Bonchev–Trinajstić information content (AvgIpc) is 2.49. The minimum Gasteiger partial charge on any atom is -0.381 e. The number of hydrogen-bond donors (Lipinski definition) is 2. The monoisotopic (exact) mass is 312 g/mol. The Labute approximate surface area is 121 Å². The molecule has 2 N–H and O–H groups in total. The van der Waals surface area contributed by atoms with Gasteiger partial charge in [0.1, 0.15) is 0 Å². The van der Waals surface area contributed by atoms with E-state index >= 15 is 0 Å². The Morgan fingerprint density at radius 1 is 1.00 bits per heavy atom. The fourth-order valence-electron chi connectivity index (χ4n) is 1.72. The normalized spacial score (nSPS) is 11.4. The second-order valence-electron chi connectivity index (χ2n) is 4.33. The van der Waals surface area contributed by atoms with E-state index in [1.807, 2.05) is 0 Å². The molecule has 0 spiro atoms. The van der Waals surface area contributed by atoms with E-state index in [0.29, 0.717) is 17.8 Å². The fraction of sp³-hybridized carbons (Fsp3) is 0.143. The minimum atomic E-state index is -3.46. The van der Waals surface area contributed by atoms with Gasteiger partial charge in [0.05, 0.1) is 4.90 Å². The summed E-state index contributed by atoms with van der Waals surface area (Å²) in [6.07, 6.45) is 0. The van der Waals surface area contributed by atoms with Gasteiger partial charge < -0.3 is 5.32 Å². The van der Waals surface area contributed by atoms with Gasteiger partial charge in [-0.25, -0.2) is 21.9 Å². The standard InChI is InChI=1S/C14H14F2N2O2S/c1-17-21(19,20)12-5-3-11(4-6-12)18-9-10-2-7-13(15)14(16)8-10/h2-8,17-18H,9H2,1H3. The summed E-state index contributed by atoms with van der Waals surface area (Å²) in [5.41, 5.74) is 1.26. The summed E-state index contributed by atoms with van der Waals surface area (Å²) in [4.78, 5) is 0.156. The van der Waals surface area contributed by atoms with Gasteiger partial charge in [0.15, 0.2) is 11.6 Å². The molecule has 0 saturated carbocycles. The summed E-state index contributed by atoms with van der Waals surface area (Å²) in [5.74, 6) is -1.79. The number of hydrogen-bond acceptors (Lipinski definition) is 3. The highest BCUT2D eigenvalue weighted by atomic mass is 32.2. The molecule has 2 aromatic rings. The van der Waals surface area contributed by atoms with Crippen LogP contribution in [0.2, 0.25) is 0 Å². The van der Waals surface area contributed by atoms with Crippen molar-refractivity contribution < 1.29 is 17.2 Å². The SMILES string of the molecule is CNS(=O)(=O)c1ccc(NCc2ccc(F)c(F)c2)cc1. The Morgan fingerprint density at radius 2 is 1.67 bits per heavy atom. The maximum atomic E-state index is 13.1. The quantitative estimate of drug-likeness (QED) is 0.892. The molecule has 0 bridgehead atoms. The number of benzene rings is 2. The zero-order valence-corrected chi connectivity index (χ0v) is 12.0. The van der Waals surface area contributed by atoms with Crippen LogP contribution in [0.5, 0.6) is 0 Å². The Morgan fingerprint density at radius 3 is 2.24 bits per heavy atom. The maximum absolute atomic E-state index is 13.1. The first-order chi connectivity index (χ1) is 9.92. The summed E-state index contributed by atoms with van der Waals surface area (Å²) in [6, 6.07) is 9.77. The van der Waals surface area contributed by atoms with E-state index in [1.165, 1.54) is 25.2 Å². The summed E-state index contributed by atoms with van der Waals surface area (Å²) >= 11 is 0. The van der Waals surface area contributed by atoms with Gasteiger partial charge in [-0.05, 0) is 49.0 Å². The summed E-state index contributed by atoms with van der Waals surface area (Å²) in [6.45, 7) is 0.301. The van der Waals surface area contributed by atoms with Crippen molar-refractivity contribution in [3.8, 4) is 0 Å². The van der Waals surface area contributed by atoms with Gasteiger partial charge in [-0.3, -0.25) is 0 Å². The van der Waals surface area contributed by atoms with E-state index < -0.39 is 21.7 Å². The van der Waals surface area contributed by atoms with Crippen LogP contribution in [0, 0.1) is 11.6 Å². The smallest absolute Gasteiger partial charge is 0.240 e. The molecule has 0 atom stereocenters. The van der Waals surface area contributed by atoms with Gasteiger partial charge in [0.25, 0.3) is 0 Å². The molecule has 0 aliphatic rings. The van der Waals surface area contributed by atoms with Crippen LogP contribution >= 0.6 is 0 Å². The number of rotatable bonds is 5. The maximum Gasteiger partial charge on any atom is 0.240 e. The molecule has 0 radical (unpaired) electrons. The van der Waals surface area contributed by atoms with Crippen molar-refractivity contribution >= 4 is 15.7 Å². The third-order valence-corrected chi connectivity index (χ3v) is 4.34. The third-order valence-electron chi connectivity index (χ3n) is 2.91. The topological polar surface area (TPSA) is 58.2 Å². The van der Waals surface area contributed by atoms with Crippen LogP contribution < -0.4 is 10.0 Å². The van der Waals surface area contributed by atoms with Gasteiger partial charge in [0.2, 0.25) is 10.0 Å². The lowest BCUT2D eigenvalue weighted by atomic mass is 10.2. The molecule has 21 heavy (non-hydrogen) atoms. The van der Waals surface area contributed by atoms with Crippen molar-refractivity contribution in [1.82, 2.24) is 4.72 Å². The van der Waals surface area contributed by atoms with E-state index in [-0.39, 0.29) is 4.90 Å². The first kappa shape index (κ1) is 15.4. The summed E-state index contributed by atoms with van der Waals surface area (Å²) in [5, 5.41) is 3.00. The van der Waals surface area contributed by atoms with Gasteiger partial charge in [-0.2, -0.15) is 0 Å². The third kappa shape index (κ3) is 3.77. The second kappa shape index (κ2) is 6.19. The molecule has 7 heteroatoms. The Balaban J connectivity index is 2.05. The first-order valence-electron chi connectivity index (χ1n) is 6.14. The van der Waals surface area contributed by atoms with Crippen LogP contribution in [0.4, 0.5) is 14.5 Å². The first-order valence-corrected chi connectivity index (χ1v) is 7.62. The van der Waals surface area contributed by atoms with E-state index in [4.69, 9.17) is 0 Å². The van der Waals surface area contributed by atoms with E-state index in [0.717, 1.165) is 12.1 Å². The van der Waals surface area contributed by atoms with Crippen molar-refractivity contribution in [1.29, 1.82) is 0 Å². The molecule has 0 aromatic heterocycles. The molecule has 0 heterocycles. The molecule has 2 aromatic carbocycles. The lowest BCUT2D eigenvalue weighted by Gasteiger charge is -2.08. The predicted molar refractivity (Wildman–Crippen MR) is 76.4 cm³/mol. The molecule has 0 fully saturated rings. The van der Waals surface area contributed by atoms with Crippen molar-refractivity contribution in [2.45, 2.75) is 11.4 Å². The van der Waals surface area contributed by atoms with Crippen LogP contribution in [0.15, 0.2) is 47.4 Å². The summed E-state index contributed by atoms with van der Waals surface area (Å²) < 4.78 is 51.2. The molecule has 4 nitrogen and oxygen atoms in total. The van der Waals surface area contributed by atoms with Gasteiger partial charge >= 0.3 is 0 Å². The van der Waals surface area contributed by atoms with Crippen LogP contribution in [0.1, 0.15) is 5.56 Å². The highest BCUT2D eigenvalue weighted by Gasteiger charge is 2.10. The number of halogens is 2. The van der Waals surface area contributed by atoms with E-state index in [9.17, 15) is 17.2 Å². The Hall–Kier alpha value is -1.99. The number of nitrogens with one attached hydrogen (secondary N) is 2. The fourth-order valence-corrected chi connectivity index (χ4v) is 2.45.